The second-order valence-electron chi connectivity index (χ2n) is 7.18. The lowest BCUT2D eigenvalue weighted by Crippen LogP contribution is -2.47. The first-order valence-corrected chi connectivity index (χ1v) is 9.03. The predicted octanol–water partition coefficient (Wildman–Crippen LogP) is 3.62. The van der Waals surface area contributed by atoms with E-state index < -0.39 is 11.6 Å². The lowest BCUT2D eigenvalue weighted by atomic mass is 9.91. The Bertz CT molecular complexity index is 566. The lowest BCUT2D eigenvalue weighted by molar-refractivity contribution is -0.139. The van der Waals surface area contributed by atoms with E-state index in [1.54, 1.807) is 4.90 Å². The van der Waals surface area contributed by atoms with Gasteiger partial charge in [0, 0.05) is 23.6 Å². The maximum atomic E-state index is 14.1. The number of benzene rings is 1. The first-order valence-electron chi connectivity index (χ1n) is 9.03. The Morgan fingerprint density at radius 3 is 2.50 bits per heavy atom. The largest absolute Gasteiger partial charge is 0.335 e. The van der Waals surface area contributed by atoms with Gasteiger partial charge in [-0.3, -0.25) is 4.79 Å². The molecule has 2 atom stereocenters. The van der Waals surface area contributed by atoms with Gasteiger partial charge in [-0.15, -0.1) is 0 Å². The van der Waals surface area contributed by atoms with Gasteiger partial charge in [0.1, 0.15) is 11.6 Å². The molecule has 1 N–H and O–H groups in total. The maximum Gasteiger partial charge on any atom is 0.226 e. The summed E-state index contributed by atoms with van der Waals surface area (Å²) in [4.78, 5) is 14.9. The average Bonchev–Trinajstić information content (AvgIpc) is 3.08. The quantitative estimate of drug-likeness (QED) is 0.911. The fourth-order valence-electron chi connectivity index (χ4n) is 4.05. The minimum atomic E-state index is -0.565. The van der Waals surface area contributed by atoms with E-state index in [-0.39, 0.29) is 30.0 Å². The summed E-state index contributed by atoms with van der Waals surface area (Å²) in [6.45, 7) is 2.94. The van der Waals surface area contributed by atoms with E-state index in [1.165, 1.54) is 18.2 Å². The summed E-state index contributed by atoms with van der Waals surface area (Å²) in [5.74, 6) is -1.11. The van der Waals surface area contributed by atoms with E-state index in [0.717, 1.165) is 45.1 Å². The lowest BCUT2D eigenvalue weighted by Gasteiger charge is -2.35. The third kappa shape index (κ3) is 3.77. The Morgan fingerprint density at radius 1 is 1.21 bits per heavy atom. The van der Waals surface area contributed by atoms with Gasteiger partial charge in [0.25, 0.3) is 0 Å². The van der Waals surface area contributed by atoms with Crippen LogP contribution in [0.1, 0.15) is 51.0 Å². The van der Waals surface area contributed by atoms with Crippen molar-refractivity contribution in [2.75, 3.05) is 6.54 Å². The van der Waals surface area contributed by atoms with Crippen molar-refractivity contribution in [2.45, 2.75) is 64.1 Å². The minimum Gasteiger partial charge on any atom is -0.335 e. The minimum absolute atomic E-state index is 0.0136. The normalized spacial score (nSPS) is 25.0. The number of hydrogen-bond acceptors (Lipinski definition) is 2. The molecule has 1 saturated heterocycles. The molecule has 1 saturated carbocycles. The monoisotopic (exact) mass is 336 g/mol. The molecular formula is C19H26F2N2O. The summed E-state index contributed by atoms with van der Waals surface area (Å²) >= 11 is 0. The van der Waals surface area contributed by atoms with Crippen LogP contribution in [0.4, 0.5) is 8.78 Å². The summed E-state index contributed by atoms with van der Waals surface area (Å²) in [6, 6.07) is 4.32. The molecule has 1 amide bonds. The summed E-state index contributed by atoms with van der Waals surface area (Å²) in [6.07, 6.45) is 5.62. The number of rotatable bonds is 4. The average molecular weight is 336 g/mol. The number of nitrogens with zero attached hydrogens (tertiary/aromatic N) is 1. The highest BCUT2D eigenvalue weighted by molar-refractivity contribution is 5.79. The van der Waals surface area contributed by atoms with Gasteiger partial charge in [0.2, 0.25) is 5.91 Å². The zero-order valence-corrected chi connectivity index (χ0v) is 14.2. The number of carbonyl (C=O) groups excluding carboxylic acids is 1. The highest BCUT2D eigenvalue weighted by Crippen LogP contribution is 2.29. The van der Waals surface area contributed by atoms with Gasteiger partial charge >= 0.3 is 0 Å². The van der Waals surface area contributed by atoms with Crippen molar-refractivity contribution < 1.29 is 13.6 Å². The Balaban J connectivity index is 1.82. The number of nitrogens with one attached hydrogen (secondary N) is 1. The summed E-state index contributed by atoms with van der Waals surface area (Å²) in [5.41, 5.74) is 0.0136. The summed E-state index contributed by atoms with van der Waals surface area (Å²) in [5, 5.41) is 3.35. The van der Waals surface area contributed by atoms with E-state index in [2.05, 4.69) is 12.2 Å². The molecule has 3 nitrogen and oxygen atoms in total. The van der Waals surface area contributed by atoms with Gasteiger partial charge in [-0.25, -0.2) is 8.78 Å². The van der Waals surface area contributed by atoms with Crippen LogP contribution in [-0.2, 0) is 11.3 Å². The van der Waals surface area contributed by atoms with Crippen molar-refractivity contribution in [3.8, 4) is 0 Å². The van der Waals surface area contributed by atoms with Crippen LogP contribution in [0.2, 0.25) is 0 Å². The Morgan fingerprint density at radius 2 is 1.88 bits per heavy atom. The van der Waals surface area contributed by atoms with E-state index in [0.29, 0.717) is 6.04 Å². The Kier molecular flexibility index (Phi) is 5.49. The molecule has 0 spiro atoms. The zero-order chi connectivity index (χ0) is 17.1. The van der Waals surface area contributed by atoms with Crippen molar-refractivity contribution in [1.29, 1.82) is 0 Å². The molecule has 0 bridgehead atoms. The predicted molar refractivity (Wildman–Crippen MR) is 89.4 cm³/mol. The molecule has 132 valence electrons. The number of amides is 1. The third-order valence-corrected chi connectivity index (χ3v) is 5.41. The Labute approximate surface area is 142 Å². The van der Waals surface area contributed by atoms with Crippen molar-refractivity contribution in [3.63, 3.8) is 0 Å². The number of carbonyl (C=O) groups is 1. The van der Waals surface area contributed by atoms with Crippen LogP contribution in [0.5, 0.6) is 0 Å². The molecule has 5 heteroatoms. The molecule has 1 aromatic rings. The molecule has 1 heterocycles. The van der Waals surface area contributed by atoms with Crippen LogP contribution in [-0.4, -0.2) is 29.4 Å². The fraction of sp³-hybridized carbons (Fsp3) is 0.632. The highest BCUT2D eigenvalue weighted by atomic mass is 19.1. The molecule has 2 aliphatic rings. The molecule has 3 rings (SSSR count). The summed E-state index contributed by atoms with van der Waals surface area (Å²) < 4.78 is 28.2. The van der Waals surface area contributed by atoms with Gasteiger partial charge in [0.15, 0.2) is 0 Å². The molecule has 2 fully saturated rings. The van der Waals surface area contributed by atoms with Crippen LogP contribution in [0, 0.1) is 17.6 Å². The first-order chi connectivity index (χ1) is 11.6. The van der Waals surface area contributed by atoms with Crippen LogP contribution in [0.25, 0.3) is 0 Å². The van der Waals surface area contributed by atoms with Gasteiger partial charge in [-0.2, -0.15) is 0 Å². The van der Waals surface area contributed by atoms with Crippen molar-refractivity contribution in [2.24, 2.45) is 5.92 Å². The van der Waals surface area contributed by atoms with Crippen LogP contribution in [0.15, 0.2) is 18.2 Å². The topological polar surface area (TPSA) is 32.3 Å². The van der Waals surface area contributed by atoms with Gasteiger partial charge in [-0.05, 0) is 51.3 Å². The second-order valence-corrected chi connectivity index (χ2v) is 7.18. The van der Waals surface area contributed by atoms with Gasteiger partial charge in [0.05, 0.1) is 6.54 Å². The van der Waals surface area contributed by atoms with Crippen LogP contribution >= 0.6 is 0 Å². The van der Waals surface area contributed by atoms with Crippen LogP contribution in [0.3, 0.4) is 0 Å². The standard InChI is InChI=1S/C19H26F2N2O/c1-13-11-14(9-10-22-13)19(24)23(15-5-2-3-6-15)12-16-17(20)7-4-8-18(16)21/h4,7-8,13-15,22H,2-3,5-6,9-12H2,1H3/t13-,14-/m0/s1. The van der Waals surface area contributed by atoms with Gasteiger partial charge in [-0.1, -0.05) is 18.9 Å². The van der Waals surface area contributed by atoms with E-state index >= 15 is 0 Å². The van der Waals surface area contributed by atoms with E-state index in [1.807, 2.05) is 0 Å². The fourth-order valence-corrected chi connectivity index (χ4v) is 4.05. The molecule has 1 aromatic carbocycles. The van der Waals surface area contributed by atoms with E-state index in [4.69, 9.17) is 0 Å². The van der Waals surface area contributed by atoms with Crippen LogP contribution < -0.4 is 5.32 Å². The van der Waals surface area contributed by atoms with Crippen molar-refractivity contribution in [1.82, 2.24) is 10.2 Å². The molecule has 0 unspecified atom stereocenters. The number of piperidine rings is 1. The number of halogens is 2. The second kappa shape index (κ2) is 7.60. The molecule has 24 heavy (non-hydrogen) atoms. The van der Waals surface area contributed by atoms with Gasteiger partial charge < -0.3 is 10.2 Å². The SMILES string of the molecule is C[C@H]1C[C@@H](C(=O)N(Cc2c(F)cccc2F)C2CCCC2)CCN1. The first kappa shape index (κ1) is 17.3. The Hall–Kier alpha value is -1.49. The summed E-state index contributed by atoms with van der Waals surface area (Å²) in [7, 11) is 0. The molecular weight excluding hydrogens is 310 g/mol. The maximum absolute atomic E-state index is 14.1. The number of hydrogen-bond donors (Lipinski definition) is 1. The van der Waals surface area contributed by atoms with Crippen molar-refractivity contribution >= 4 is 5.91 Å². The smallest absolute Gasteiger partial charge is 0.226 e. The van der Waals surface area contributed by atoms with E-state index in [9.17, 15) is 13.6 Å². The van der Waals surface area contributed by atoms with Crippen molar-refractivity contribution in [3.05, 3.63) is 35.4 Å². The molecule has 1 aliphatic carbocycles. The third-order valence-electron chi connectivity index (χ3n) is 5.41. The highest BCUT2D eigenvalue weighted by Gasteiger charge is 2.34. The molecule has 0 radical (unpaired) electrons. The molecule has 1 aliphatic heterocycles. The molecule has 0 aromatic heterocycles. The zero-order valence-electron chi connectivity index (χ0n) is 14.2.